The molecule has 1 amide bonds. The molecule has 0 aliphatic carbocycles. The molecule has 0 unspecified atom stereocenters. The van der Waals surface area contributed by atoms with E-state index < -0.39 is 5.97 Å². The van der Waals surface area contributed by atoms with Crippen molar-refractivity contribution in [2.24, 2.45) is 0 Å². The Morgan fingerprint density at radius 2 is 2.29 bits per heavy atom. The number of amides is 1. The molecule has 0 spiro atoms. The van der Waals surface area contributed by atoms with Crippen LogP contribution in [0.2, 0.25) is 5.02 Å². The second kappa shape index (κ2) is 4.98. The van der Waals surface area contributed by atoms with Crippen molar-refractivity contribution in [1.29, 1.82) is 0 Å². The molecule has 1 aliphatic heterocycles. The fourth-order valence-corrected chi connectivity index (χ4v) is 2.71. The van der Waals surface area contributed by atoms with Crippen LogP contribution in [0.1, 0.15) is 6.42 Å². The number of hydrogen-bond donors (Lipinski definition) is 1. The van der Waals surface area contributed by atoms with Gasteiger partial charge >= 0.3 is 5.97 Å². The number of carboxylic acids is 1. The van der Waals surface area contributed by atoms with Gasteiger partial charge in [-0.15, -0.1) is 11.8 Å². The number of anilines is 1. The fraction of sp³-hybridized carbons (Fsp3) is 0.273. The SMILES string of the molecule is O=C(O)CCN1C(=O)CSc2ccc(Cl)cc21. The van der Waals surface area contributed by atoms with E-state index in [1.54, 1.807) is 12.1 Å². The highest BCUT2D eigenvalue weighted by Gasteiger charge is 2.25. The maximum atomic E-state index is 11.7. The molecule has 0 atom stereocenters. The van der Waals surface area contributed by atoms with Crippen LogP contribution in [0.25, 0.3) is 0 Å². The number of thioether (sulfide) groups is 1. The summed E-state index contributed by atoms with van der Waals surface area (Å²) in [5.41, 5.74) is 0.708. The van der Waals surface area contributed by atoms with Crippen LogP contribution in [-0.2, 0) is 9.59 Å². The number of nitrogens with zero attached hydrogens (tertiary/aromatic N) is 1. The van der Waals surface area contributed by atoms with E-state index in [0.717, 1.165) is 4.90 Å². The van der Waals surface area contributed by atoms with Gasteiger partial charge in [0.2, 0.25) is 5.91 Å². The topological polar surface area (TPSA) is 57.6 Å². The largest absolute Gasteiger partial charge is 0.481 e. The van der Waals surface area contributed by atoms with Gasteiger partial charge in [-0.2, -0.15) is 0 Å². The lowest BCUT2D eigenvalue weighted by atomic mass is 10.2. The Balaban J connectivity index is 2.28. The minimum atomic E-state index is -0.917. The molecular formula is C11H10ClNO3S. The number of fused-ring (bicyclic) bond motifs is 1. The van der Waals surface area contributed by atoms with Crippen molar-refractivity contribution < 1.29 is 14.7 Å². The highest BCUT2D eigenvalue weighted by Crippen LogP contribution is 2.36. The molecule has 1 N–H and O–H groups in total. The molecule has 1 aromatic carbocycles. The lowest BCUT2D eigenvalue weighted by Crippen LogP contribution is -2.36. The number of rotatable bonds is 3. The van der Waals surface area contributed by atoms with Crippen LogP contribution in [0.3, 0.4) is 0 Å². The van der Waals surface area contributed by atoms with E-state index >= 15 is 0 Å². The molecule has 90 valence electrons. The van der Waals surface area contributed by atoms with Crippen molar-refractivity contribution in [2.75, 3.05) is 17.2 Å². The normalized spacial score (nSPS) is 14.6. The average molecular weight is 272 g/mol. The zero-order valence-corrected chi connectivity index (χ0v) is 10.4. The summed E-state index contributed by atoms with van der Waals surface area (Å²) in [4.78, 5) is 24.8. The molecule has 0 saturated carbocycles. The average Bonchev–Trinajstić information content (AvgIpc) is 2.27. The summed E-state index contributed by atoms with van der Waals surface area (Å²) in [6.45, 7) is 0.183. The van der Waals surface area contributed by atoms with E-state index in [9.17, 15) is 9.59 Å². The van der Waals surface area contributed by atoms with E-state index in [1.165, 1.54) is 16.7 Å². The smallest absolute Gasteiger partial charge is 0.305 e. The molecule has 1 aliphatic rings. The quantitative estimate of drug-likeness (QED) is 0.916. The van der Waals surface area contributed by atoms with Crippen LogP contribution in [0.4, 0.5) is 5.69 Å². The zero-order chi connectivity index (χ0) is 12.4. The van der Waals surface area contributed by atoms with Gasteiger partial charge < -0.3 is 10.0 Å². The minimum absolute atomic E-state index is 0.0671. The highest BCUT2D eigenvalue weighted by molar-refractivity contribution is 8.00. The number of halogens is 1. The molecule has 17 heavy (non-hydrogen) atoms. The third-order valence-corrected chi connectivity index (χ3v) is 3.70. The van der Waals surface area contributed by atoms with E-state index in [4.69, 9.17) is 16.7 Å². The summed E-state index contributed by atoms with van der Waals surface area (Å²) in [5.74, 6) is -0.653. The highest BCUT2D eigenvalue weighted by atomic mass is 35.5. The van der Waals surface area contributed by atoms with Gasteiger partial charge in [-0.1, -0.05) is 11.6 Å². The van der Waals surface area contributed by atoms with Gasteiger partial charge in [0.25, 0.3) is 0 Å². The maximum absolute atomic E-state index is 11.7. The predicted octanol–water partition coefficient (Wildman–Crippen LogP) is 2.25. The predicted molar refractivity (Wildman–Crippen MR) is 66.8 cm³/mol. The third-order valence-electron chi connectivity index (χ3n) is 2.41. The first-order valence-corrected chi connectivity index (χ1v) is 6.39. The van der Waals surface area contributed by atoms with Crippen molar-refractivity contribution in [3.63, 3.8) is 0 Å². The van der Waals surface area contributed by atoms with E-state index in [1.807, 2.05) is 6.07 Å². The molecule has 0 fully saturated rings. The number of carbonyl (C=O) groups is 2. The lowest BCUT2D eigenvalue weighted by Gasteiger charge is -2.28. The van der Waals surface area contributed by atoms with Crippen molar-refractivity contribution in [3.8, 4) is 0 Å². The molecule has 0 radical (unpaired) electrons. The Bertz CT molecular complexity index is 478. The molecule has 0 aromatic heterocycles. The number of benzene rings is 1. The monoisotopic (exact) mass is 271 g/mol. The summed E-state index contributed by atoms with van der Waals surface area (Å²) in [6.07, 6.45) is -0.0671. The molecular weight excluding hydrogens is 262 g/mol. The molecule has 0 saturated heterocycles. The van der Waals surface area contributed by atoms with Crippen molar-refractivity contribution in [1.82, 2.24) is 0 Å². The Morgan fingerprint density at radius 3 is 3.00 bits per heavy atom. The van der Waals surface area contributed by atoms with Crippen molar-refractivity contribution in [3.05, 3.63) is 23.2 Å². The molecule has 4 nitrogen and oxygen atoms in total. The van der Waals surface area contributed by atoms with Crippen LogP contribution in [-0.4, -0.2) is 29.3 Å². The van der Waals surface area contributed by atoms with Crippen LogP contribution >= 0.6 is 23.4 Å². The molecule has 6 heteroatoms. The van der Waals surface area contributed by atoms with Crippen LogP contribution in [0.5, 0.6) is 0 Å². The standard InChI is InChI=1S/C11H10ClNO3S/c12-7-1-2-9-8(5-7)13(4-3-11(15)16)10(14)6-17-9/h1-2,5H,3-4,6H2,(H,15,16). The van der Waals surface area contributed by atoms with E-state index in [-0.39, 0.29) is 18.9 Å². The minimum Gasteiger partial charge on any atom is -0.481 e. The number of aliphatic carboxylic acids is 1. The van der Waals surface area contributed by atoms with Crippen molar-refractivity contribution >= 4 is 40.9 Å². The third kappa shape index (κ3) is 2.73. The summed E-state index contributed by atoms with van der Waals surface area (Å²) in [5, 5.41) is 9.20. The van der Waals surface area contributed by atoms with E-state index in [2.05, 4.69) is 0 Å². The first-order valence-electron chi connectivity index (χ1n) is 5.02. The summed E-state index contributed by atoms with van der Waals surface area (Å²) in [7, 11) is 0. The van der Waals surface area contributed by atoms with Gasteiger partial charge in [0, 0.05) is 16.5 Å². The first kappa shape index (κ1) is 12.3. The van der Waals surface area contributed by atoms with Gasteiger partial charge in [-0.05, 0) is 18.2 Å². The van der Waals surface area contributed by atoms with Crippen LogP contribution in [0.15, 0.2) is 23.1 Å². The molecule has 2 rings (SSSR count). The van der Waals surface area contributed by atoms with Gasteiger partial charge in [-0.3, -0.25) is 9.59 Å². The Hall–Kier alpha value is -1.20. The fourth-order valence-electron chi connectivity index (χ4n) is 1.63. The molecule has 0 bridgehead atoms. The van der Waals surface area contributed by atoms with Gasteiger partial charge in [0.05, 0.1) is 17.9 Å². The Kier molecular flexibility index (Phi) is 3.59. The van der Waals surface area contributed by atoms with Gasteiger partial charge in [0.1, 0.15) is 0 Å². The number of hydrogen-bond acceptors (Lipinski definition) is 3. The molecule has 1 heterocycles. The summed E-state index contributed by atoms with van der Waals surface area (Å²) < 4.78 is 0. The van der Waals surface area contributed by atoms with Gasteiger partial charge in [0.15, 0.2) is 0 Å². The maximum Gasteiger partial charge on any atom is 0.305 e. The van der Waals surface area contributed by atoms with Crippen LogP contribution in [0, 0.1) is 0 Å². The second-order valence-corrected chi connectivity index (χ2v) is 5.04. The number of carbonyl (C=O) groups excluding carboxylic acids is 1. The first-order chi connectivity index (χ1) is 8.08. The zero-order valence-electron chi connectivity index (χ0n) is 8.85. The Morgan fingerprint density at radius 1 is 1.53 bits per heavy atom. The van der Waals surface area contributed by atoms with Crippen molar-refractivity contribution in [2.45, 2.75) is 11.3 Å². The lowest BCUT2D eigenvalue weighted by molar-refractivity contribution is -0.136. The summed E-state index contributed by atoms with van der Waals surface area (Å²) >= 11 is 7.34. The van der Waals surface area contributed by atoms with Gasteiger partial charge in [-0.25, -0.2) is 0 Å². The van der Waals surface area contributed by atoms with E-state index in [0.29, 0.717) is 16.5 Å². The second-order valence-electron chi connectivity index (χ2n) is 3.59. The van der Waals surface area contributed by atoms with Crippen LogP contribution < -0.4 is 4.90 Å². The molecule has 1 aromatic rings. The summed E-state index contributed by atoms with van der Waals surface area (Å²) in [6, 6.07) is 5.31. The number of carboxylic acid groups (broad SMARTS) is 1. The Labute approximate surface area is 108 Å².